The fourth-order valence-corrected chi connectivity index (χ4v) is 3.25. The van der Waals surface area contributed by atoms with Gasteiger partial charge in [0, 0.05) is 18.8 Å². The Balaban J connectivity index is 0.00000280. The highest BCUT2D eigenvalue weighted by atomic mass is 35.5. The molecule has 1 aromatic heterocycles. The van der Waals surface area contributed by atoms with Crippen molar-refractivity contribution >= 4 is 18.3 Å². The van der Waals surface area contributed by atoms with E-state index in [1.807, 2.05) is 17.8 Å². The van der Waals surface area contributed by atoms with Gasteiger partial charge in [-0.1, -0.05) is 12.1 Å². The van der Waals surface area contributed by atoms with E-state index in [-0.39, 0.29) is 30.4 Å². The molecule has 154 valence electrons. The van der Waals surface area contributed by atoms with E-state index in [0.717, 1.165) is 43.6 Å². The van der Waals surface area contributed by atoms with Crippen molar-refractivity contribution in [3.8, 4) is 0 Å². The summed E-state index contributed by atoms with van der Waals surface area (Å²) < 4.78 is 39.6. The summed E-state index contributed by atoms with van der Waals surface area (Å²) in [6.45, 7) is 3.66. The minimum absolute atomic E-state index is 0. The summed E-state index contributed by atoms with van der Waals surface area (Å²) in [6.07, 6.45) is 0.0194. The molecule has 0 saturated carbocycles. The molecule has 1 aliphatic heterocycles. The molecule has 1 fully saturated rings. The van der Waals surface area contributed by atoms with Gasteiger partial charge in [0.05, 0.1) is 11.6 Å². The maximum absolute atomic E-state index is 12.6. The molecule has 2 N–H and O–H groups in total. The van der Waals surface area contributed by atoms with Gasteiger partial charge in [0.2, 0.25) is 0 Å². The Morgan fingerprint density at radius 1 is 1.32 bits per heavy atom. The Labute approximate surface area is 168 Å². The number of halogens is 4. The van der Waals surface area contributed by atoms with Crippen LogP contribution in [0.3, 0.4) is 0 Å². The lowest BCUT2D eigenvalue weighted by molar-refractivity contribution is -0.137. The Bertz CT molecular complexity index is 770. The summed E-state index contributed by atoms with van der Waals surface area (Å²) >= 11 is 0. The van der Waals surface area contributed by atoms with E-state index in [0.29, 0.717) is 12.1 Å². The van der Waals surface area contributed by atoms with E-state index in [2.05, 4.69) is 15.7 Å². The first-order valence-electron chi connectivity index (χ1n) is 9.06. The van der Waals surface area contributed by atoms with Crippen LogP contribution in [0.4, 0.5) is 13.2 Å². The lowest BCUT2D eigenvalue weighted by atomic mass is 10.0. The van der Waals surface area contributed by atoms with Gasteiger partial charge in [-0.25, -0.2) is 0 Å². The van der Waals surface area contributed by atoms with Crippen LogP contribution in [-0.4, -0.2) is 34.8 Å². The molecular formula is C19H24ClF3N4O. The molecule has 0 bridgehead atoms. The molecule has 9 heteroatoms. The van der Waals surface area contributed by atoms with E-state index in [4.69, 9.17) is 0 Å². The first kappa shape index (κ1) is 22.2. The van der Waals surface area contributed by atoms with E-state index in [1.165, 1.54) is 12.1 Å². The van der Waals surface area contributed by atoms with Crippen LogP contribution in [0.25, 0.3) is 0 Å². The van der Waals surface area contributed by atoms with Gasteiger partial charge in [0.25, 0.3) is 5.91 Å². The number of amides is 1. The molecule has 1 saturated heterocycles. The average molecular weight is 417 g/mol. The van der Waals surface area contributed by atoms with E-state index < -0.39 is 11.7 Å². The van der Waals surface area contributed by atoms with Gasteiger partial charge in [0.1, 0.15) is 5.69 Å². The third kappa shape index (κ3) is 5.72. The minimum atomic E-state index is -4.34. The Morgan fingerprint density at radius 2 is 2.04 bits per heavy atom. The van der Waals surface area contributed by atoms with Crippen molar-refractivity contribution in [1.29, 1.82) is 0 Å². The number of rotatable bonds is 5. The number of hydrogen-bond donors (Lipinski definition) is 2. The zero-order valence-corrected chi connectivity index (χ0v) is 16.3. The molecule has 0 aliphatic carbocycles. The topological polar surface area (TPSA) is 59.0 Å². The molecule has 0 spiro atoms. The van der Waals surface area contributed by atoms with Crippen LogP contribution < -0.4 is 10.6 Å². The molecule has 2 unspecified atom stereocenters. The summed E-state index contributed by atoms with van der Waals surface area (Å²) in [5, 5.41) is 10.5. The minimum Gasteiger partial charge on any atom is -0.348 e. The van der Waals surface area contributed by atoms with Gasteiger partial charge in [0.15, 0.2) is 0 Å². The number of nitrogens with zero attached hydrogens (tertiary/aromatic N) is 2. The number of aromatic nitrogens is 2. The highest BCUT2D eigenvalue weighted by Crippen LogP contribution is 2.29. The monoisotopic (exact) mass is 416 g/mol. The number of carbonyl (C=O) groups is 1. The van der Waals surface area contributed by atoms with Crippen molar-refractivity contribution in [2.45, 2.75) is 44.4 Å². The van der Waals surface area contributed by atoms with Crippen LogP contribution in [-0.2, 0) is 12.6 Å². The van der Waals surface area contributed by atoms with Crippen molar-refractivity contribution in [1.82, 2.24) is 20.4 Å². The molecule has 3 rings (SSSR count). The number of benzene rings is 1. The summed E-state index contributed by atoms with van der Waals surface area (Å²) in [5.41, 5.74) is 0.403. The largest absolute Gasteiger partial charge is 0.416 e. The third-order valence-corrected chi connectivity index (χ3v) is 4.69. The van der Waals surface area contributed by atoms with Gasteiger partial charge in [-0.3, -0.25) is 9.48 Å². The number of piperidine rings is 1. The number of alkyl halides is 3. The molecule has 28 heavy (non-hydrogen) atoms. The highest BCUT2D eigenvalue weighted by molar-refractivity contribution is 5.92. The zero-order valence-electron chi connectivity index (χ0n) is 15.5. The smallest absolute Gasteiger partial charge is 0.348 e. The molecule has 2 heterocycles. The maximum Gasteiger partial charge on any atom is 0.416 e. The lowest BCUT2D eigenvalue weighted by Gasteiger charge is -2.22. The van der Waals surface area contributed by atoms with Gasteiger partial charge in [-0.15, -0.1) is 12.4 Å². The Morgan fingerprint density at radius 3 is 2.64 bits per heavy atom. The highest BCUT2D eigenvalue weighted by Gasteiger charge is 2.30. The van der Waals surface area contributed by atoms with Crippen molar-refractivity contribution < 1.29 is 18.0 Å². The fraction of sp³-hybridized carbons (Fsp3) is 0.474. The molecule has 2 aromatic rings. The molecule has 2 atom stereocenters. The van der Waals surface area contributed by atoms with E-state index >= 15 is 0 Å². The standard InChI is InChI=1S/C19H23F3N4O.ClH/c1-13(11-14-4-6-15(7-5-14)19(20,21)22)24-18(27)17-8-10-26(25-17)16-3-2-9-23-12-16;/h4-8,10,13,16,23H,2-3,9,11-12H2,1H3,(H,24,27);1H. The van der Waals surface area contributed by atoms with Crippen LogP contribution in [0.15, 0.2) is 36.5 Å². The average Bonchev–Trinajstić information content (AvgIpc) is 3.12. The lowest BCUT2D eigenvalue weighted by Crippen LogP contribution is -2.35. The van der Waals surface area contributed by atoms with Crippen LogP contribution in [0.2, 0.25) is 0 Å². The second-order valence-corrected chi connectivity index (χ2v) is 6.95. The second-order valence-electron chi connectivity index (χ2n) is 6.95. The number of carbonyl (C=O) groups excluding carboxylic acids is 1. The first-order chi connectivity index (χ1) is 12.8. The summed E-state index contributed by atoms with van der Waals surface area (Å²) in [5.74, 6) is -0.281. The quantitative estimate of drug-likeness (QED) is 0.782. The Hall–Kier alpha value is -2.06. The molecule has 5 nitrogen and oxygen atoms in total. The van der Waals surface area contributed by atoms with Gasteiger partial charge >= 0.3 is 6.18 Å². The third-order valence-electron chi connectivity index (χ3n) is 4.69. The summed E-state index contributed by atoms with van der Waals surface area (Å²) in [6, 6.07) is 6.72. The fourth-order valence-electron chi connectivity index (χ4n) is 3.25. The van der Waals surface area contributed by atoms with Crippen LogP contribution in [0, 0.1) is 0 Å². The predicted octanol–water partition coefficient (Wildman–Crippen LogP) is 3.61. The van der Waals surface area contributed by atoms with Crippen LogP contribution >= 0.6 is 12.4 Å². The maximum atomic E-state index is 12.6. The van der Waals surface area contributed by atoms with Gasteiger partial charge in [-0.2, -0.15) is 18.3 Å². The SMILES string of the molecule is CC(Cc1ccc(C(F)(F)F)cc1)NC(=O)c1ccn(C2CCCNC2)n1.Cl. The van der Waals surface area contributed by atoms with Crippen LogP contribution in [0.1, 0.15) is 47.4 Å². The van der Waals surface area contributed by atoms with Crippen molar-refractivity contribution in [2.75, 3.05) is 13.1 Å². The molecular weight excluding hydrogens is 393 g/mol. The first-order valence-corrected chi connectivity index (χ1v) is 9.06. The summed E-state index contributed by atoms with van der Waals surface area (Å²) in [7, 11) is 0. The van der Waals surface area contributed by atoms with Gasteiger partial charge in [-0.05, 0) is 56.5 Å². The van der Waals surface area contributed by atoms with Crippen molar-refractivity contribution in [3.63, 3.8) is 0 Å². The number of hydrogen-bond acceptors (Lipinski definition) is 3. The normalized spacial score (nSPS) is 18.2. The van der Waals surface area contributed by atoms with Gasteiger partial charge < -0.3 is 10.6 Å². The molecule has 1 amide bonds. The van der Waals surface area contributed by atoms with Crippen molar-refractivity contribution in [3.05, 3.63) is 53.3 Å². The van der Waals surface area contributed by atoms with E-state index in [1.54, 1.807) is 6.07 Å². The zero-order chi connectivity index (χ0) is 19.4. The molecule has 1 aromatic carbocycles. The van der Waals surface area contributed by atoms with Crippen molar-refractivity contribution in [2.24, 2.45) is 0 Å². The van der Waals surface area contributed by atoms with Crippen LogP contribution in [0.5, 0.6) is 0 Å². The van der Waals surface area contributed by atoms with E-state index in [9.17, 15) is 18.0 Å². The number of nitrogens with one attached hydrogen (secondary N) is 2. The summed E-state index contributed by atoms with van der Waals surface area (Å²) in [4.78, 5) is 12.4. The molecule has 1 aliphatic rings. The predicted molar refractivity (Wildman–Crippen MR) is 103 cm³/mol. The second kappa shape index (κ2) is 9.43. The Kier molecular flexibility index (Phi) is 7.48. The molecule has 0 radical (unpaired) electrons.